The Kier molecular flexibility index (Phi) is 4.88. The quantitative estimate of drug-likeness (QED) is 0.716. The Labute approximate surface area is 151 Å². The Morgan fingerprint density at radius 1 is 1.20 bits per heavy atom. The number of aliphatic hydroxyl groups excluding tert-OH is 1. The van der Waals surface area contributed by atoms with Crippen molar-refractivity contribution in [2.75, 3.05) is 6.54 Å². The Bertz CT molecular complexity index is 1030. The number of nitrogens with zero attached hydrogens (tertiary/aromatic N) is 1. The van der Waals surface area contributed by atoms with Crippen LogP contribution in [-0.2, 0) is 17.1 Å². The second-order valence-electron chi connectivity index (χ2n) is 6.02. The number of fused-ring (bicyclic) bond motifs is 1. The molecular weight excluding hydrogens is 360 g/mol. The second-order valence-corrected chi connectivity index (χ2v) is 8.19. The first-order chi connectivity index (χ1) is 11.8. The minimum Gasteiger partial charge on any atom is -0.387 e. The summed E-state index contributed by atoms with van der Waals surface area (Å²) in [5.41, 5.74) is 2.30. The van der Waals surface area contributed by atoms with Crippen LogP contribution in [0.4, 0.5) is 0 Å². The molecule has 0 saturated carbocycles. The van der Waals surface area contributed by atoms with Gasteiger partial charge in [0, 0.05) is 30.3 Å². The number of halogens is 1. The lowest BCUT2D eigenvalue weighted by Gasteiger charge is -2.14. The van der Waals surface area contributed by atoms with Gasteiger partial charge >= 0.3 is 0 Å². The minimum atomic E-state index is -3.75. The first-order valence-electron chi connectivity index (χ1n) is 7.77. The molecular formula is C18H19ClN2O3S. The maximum atomic E-state index is 12.5. The fraction of sp³-hybridized carbons (Fsp3) is 0.222. The molecule has 2 aromatic carbocycles. The molecule has 0 aliphatic rings. The molecule has 3 rings (SSSR count). The molecule has 5 nitrogen and oxygen atoms in total. The molecule has 0 radical (unpaired) electrons. The standard InChI is InChI=1S/C18H19ClN2O3S/c1-12-3-5-15(19)10-18(12)25(23,24)20-11-17(22)14-4-6-16-13(9-14)7-8-21(16)2/h3-10,17,20,22H,11H2,1-2H3. The zero-order valence-corrected chi connectivity index (χ0v) is 15.5. The summed E-state index contributed by atoms with van der Waals surface area (Å²) in [4.78, 5) is 0.116. The van der Waals surface area contributed by atoms with Crippen LogP contribution in [-0.4, -0.2) is 24.6 Å². The van der Waals surface area contributed by atoms with Gasteiger partial charge in [-0.05, 0) is 53.8 Å². The van der Waals surface area contributed by atoms with Gasteiger partial charge in [0.15, 0.2) is 0 Å². The number of hydrogen-bond acceptors (Lipinski definition) is 3. The van der Waals surface area contributed by atoms with E-state index in [0.717, 1.165) is 10.9 Å². The SMILES string of the molecule is Cc1ccc(Cl)cc1S(=O)(=O)NCC(O)c1ccc2c(ccn2C)c1. The highest BCUT2D eigenvalue weighted by Crippen LogP contribution is 2.23. The van der Waals surface area contributed by atoms with Crippen LogP contribution < -0.4 is 4.72 Å². The number of nitrogens with one attached hydrogen (secondary N) is 1. The van der Waals surface area contributed by atoms with E-state index in [1.54, 1.807) is 25.1 Å². The van der Waals surface area contributed by atoms with Crippen molar-refractivity contribution in [2.45, 2.75) is 17.9 Å². The third kappa shape index (κ3) is 3.72. The molecule has 3 aromatic rings. The molecule has 0 saturated heterocycles. The largest absolute Gasteiger partial charge is 0.387 e. The highest BCUT2D eigenvalue weighted by atomic mass is 35.5. The smallest absolute Gasteiger partial charge is 0.240 e. The Morgan fingerprint density at radius 2 is 1.96 bits per heavy atom. The number of hydrogen-bond donors (Lipinski definition) is 2. The van der Waals surface area contributed by atoms with Gasteiger partial charge in [-0.3, -0.25) is 0 Å². The molecule has 0 bridgehead atoms. The highest BCUT2D eigenvalue weighted by Gasteiger charge is 2.19. The van der Waals surface area contributed by atoms with Crippen LogP contribution in [0.1, 0.15) is 17.2 Å². The summed E-state index contributed by atoms with van der Waals surface area (Å²) in [5, 5.41) is 11.7. The molecule has 2 N–H and O–H groups in total. The molecule has 1 aromatic heterocycles. The summed E-state index contributed by atoms with van der Waals surface area (Å²) >= 11 is 5.90. The van der Waals surface area contributed by atoms with Gasteiger partial charge in [0.25, 0.3) is 0 Å². The molecule has 1 unspecified atom stereocenters. The van der Waals surface area contributed by atoms with E-state index in [2.05, 4.69) is 4.72 Å². The maximum absolute atomic E-state index is 12.5. The van der Waals surface area contributed by atoms with E-state index >= 15 is 0 Å². The van der Waals surface area contributed by atoms with E-state index in [1.165, 1.54) is 6.07 Å². The maximum Gasteiger partial charge on any atom is 0.240 e. The zero-order chi connectivity index (χ0) is 18.2. The molecule has 0 amide bonds. The number of benzene rings is 2. The van der Waals surface area contributed by atoms with Gasteiger partial charge in [0.1, 0.15) is 0 Å². The van der Waals surface area contributed by atoms with Crippen molar-refractivity contribution in [3.05, 3.63) is 64.8 Å². The average molecular weight is 379 g/mol. The summed E-state index contributed by atoms with van der Waals surface area (Å²) < 4.78 is 29.4. The van der Waals surface area contributed by atoms with Crippen LogP contribution >= 0.6 is 11.6 Å². The van der Waals surface area contributed by atoms with Crippen molar-refractivity contribution in [3.63, 3.8) is 0 Å². The van der Waals surface area contributed by atoms with Crippen molar-refractivity contribution in [2.24, 2.45) is 7.05 Å². The molecule has 25 heavy (non-hydrogen) atoms. The van der Waals surface area contributed by atoms with Crippen molar-refractivity contribution in [3.8, 4) is 0 Å². The zero-order valence-electron chi connectivity index (χ0n) is 13.9. The Morgan fingerprint density at radius 3 is 2.72 bits per heavy atom. The van der Waals surface area contributed by atoms with Crippen LogP contribution in [0.15, 0.2) is 53.6 Å². The van der Waals surface area contributed by atoms with Crippen LogP contribution in [0.3, 0.4) is 0 Å². The van der Waals surface area contributed by atoms with Crippen molar-refractivity contribution >= 4 is 32.5 Å². The molecule has 1 atom stereocenters. The number of aliphatic hydroxyl groups is 1. The summed E-state index contributed by atoms with van der Waals surface area (Å²) in [6, 6.07) is 12.2. The van der Waals surface area contributed by atoms with Gasteiger partial charge in [0.2, 0.25) is 10.0 Å². The van der Waals surface area contributed by atoms with Crippen molar-refractivity contribution < 1.29 is 13.5 Å². The van der Waals surface area contributed by atoms with Gasteiger partial charge < -0.3 is 9.67 Å². The molecule has 132 valence electrons. The molecule has 0 spiro atoms. The van der Waals surface area contributed by atoms with E-state index in [0.29, 0.717) is 16.1 Å². The lowest BCUT2D eigenvalue weighted by atomic mass is 10.1. The van der Waals surface area contributed by atoms with Gasteiger partial charge in [-0.2, -0.15) is 0 Å². The fourth-order valence-corrected chi connectivity index (χ4v) is 4.30. The predicted octanol–water partition coefficient (Wildman–Crippen LogP) is 3.15. The lowest BCUT2D eigenvalue weighted by molar-refractivity contribution is 0.182. The summed E-state index contributed by atoms with van der Waals surface area (Å²) in [5.74, 6) is 0. The molecule has 1 heterocycles. The normalized spacial score (nSPS) is 13.3. The number of aromatic nitrogens is 1. The van der Waals surface area contributed by atoms with Crippen LogP contribution in [0.5, 0.6) is 0 Å². The van der Waals surface area contributed by atoms with Crippen LogP contribution in [0, 0.1) is 6.92 Å². The van der Waals surface area contributed by atoms with Gasteiger partial charge in [-0.15, -0.1) is 0 Å². The Hall–Kier alpha value is -1.86. The topological polar surface area (TPSA) is 71.3 Å². The lowest BCUT2D eigenvalue weighted by Crippen LogP contribution is -2.29. The first kappa shape index (κ1) is 17.9. The van der Waals surface area contributed by atoms with Crippen LogP contribution in [0.25, 0.3) is 10.9 Å². The van der Waals surface area contributed by atoms with E-state index in [4.69, 9.17) is 11.6 Å². The number of aryl methyl sites for hydroxylation is 2. The summed E-state index contributed by atoms with van der Waals surface area (Å²) in [6.45, 7) is 1.58. The third-order valence-electron chi connectivity index (χ3n) is 4.20. The van der Waals surface area contributed by atoms with Gasteiger partial charge in [-0.25, -0.2) is 13.1 Å². The predicted molar refractivity (Wildman–Crippen MR) is 99.3 cm³/mol. The Balaban J connectivity index is 1.78. The molecule has 0 aliphatic carbocycles. The molecule has 0 fully saturated rings. The summed E-state index contributed by atoms with van der Waals surface area (Å²) in [7, 11) is -1.81. The summed E-state index contributed by atoms with van der Waals surface area (Å²) in [6.07, 6.45) is 0.990. The third-order valence-corrected chi connectivity index (χ3v) is 6.00. The van der Waals surface area contributed by atoms with Crippen molar-refractivity contribution in [1.82, 2.24) is 9.29 Å². The number of sulfonamides is 1. The van der Waals surface area contributed by atoms with Crippen LogP contribution in [0.2, 0.25) is 5.02 Å². The fourth-order valence-electron chi connectivity index (χ4n) is 2.76. The first-order valence-corrected chi connectivity index (χ1v) is 9.63. The number of rotatable bonds is 5. The molecule has 0 aliphatic heterocycles. The minimum absolute atomic E-state index is 0.116. The average Bonchev–Trinajstić information content (AvgIpc) is 2.95. The van der Waals surface area contributed by atoms with E-state index in [-0.39, 0.29) is 11.4 Å². The second kappa shape index (κ2) is 6.80. The van der Waals surface area contributed by atoms with Crippen molar-refractivity contribution in [1.29, 1.82) is 0 Å². The van der Waals surface area contributed by atoms with E-state index in [9.17, 15) is 13.5 Å². The van der Waals surface area contributed by atoms with E-state index < -0.39 is 16.1 Å². The highest BCUT2D eigenvalue weighted by molar-refractivity contribution is 7.89. The van der Waals surface area contributed by atoms with Gasteiger partial charge in [0.05, 0.1) is 11.0 Å². The molecule has 7 heteroatoms. The van der Waals surface area contributed by atoms with E-state index in [1.807, 2.05) is 36.0 Å². The monoisotopic (exact) mass is 378 g/mol. The van der Waals surface area contributed by atoms with Gasteiger partial charge in [-0.1, -0.05) is 23.7 Å².